The molecule has 0 radical (unpaired) electrons. The summed E-state index contributed by atoms with van der Waals surface area (Å²) in [4.78, 5) is 5.28. The Labute approximate surface area is 129 Å². The van der Waals surface area contributed by atoms with Gasteiger partial charge in [0.25, 0.3) is 0 Å². The maximum atomic E-state index is 6.20. The van der Waals surface area contributed by atoms with E-state index < -0.39 is 0 Å². The van der Waals surface area contributed by atoms with Gasteiger partial charge in [-0.05, 0) is 37.3 Å². The number of hydrogen-bond donors (Lipinski definition) is 1. The molecule has 0 bridgehead atoms. The number of hydrogen-bond acceptors (Lipinski definition) is 3. The zero-order chi connectivity index (χ0) is 14.7. The first-order valence-corrected chi connectivity index (χ1v) is 8.43. The molecule has 2 fully saturated rings. The van der Waals surface area contributed by atoms with E-state index in [4.69, 9.17) is 5.73 Å². The minimum absolute atomic E-state index is 0.276. The van der Waals surface area contributed by atoms with Gasteiger partial charge in [-0.1, -0.05) is 37.3 Å². The summed E-state index contributed by atoms with van der Waals surface area (Å²) in [6, 6.07) is 10.8. The second kappa shape index (κ2) is 6.47. The second-order valence-corrected chi connectivity index (χ2v) is 7.03. The van der Waals surface area contributed by atoms with Crippen molar-refractivity contribution in [1.29, 1.82) is 0 Å². The van der Waals surface area contributed by atoms with Gasteiger partial charge < -0.3 is 5.73 Å². The molecule has 2 aliphatic rings. The predicted molar refractivity (Wildman–Crippen MR) is 88.1 cm³/mol. The summed E-state index contributed by atoms with van der Waals surface area (Å²) in [7, 11) is 0. The van der Waals surface area contributed by atoms with Crippen LogP contribution in [0.5, 0.6) is 0 Å². The van der Waals surface area contributed by atoms with E-state index in [1.54, 1.807) is 0 Å². The molecular weight excluding hydrogens is 258 g/mol. The molecule has 2 N–H and O–H groups in total. The van der Waals surface area contributed by atoms with Gasteiger partial charge in [-0.25, -0.2) is 0 Å². The fourth-order valence-electron chi connectivity index (χ4n) is 3.98. The predicted octanol–water partition coefficient (Wildman–Crippen LogP) is 2.32. The first-order chi connectivity index (χ1) is 10.2. The Bertz CT molecular complexity index is 437. The van der Waals surface area contributed by atoms with Gasteiger partial charge in [0.05, 0.1) is 0 Å². The van der Waals surface area contributed by atoms with Gasteiger partial charge in [0.1, 0.15) is 0 Å². The van der Waals surface area contributed by atoms with Crippen molar-refractivity contribution in [3.63, 3.8) is 0 Å². The van der Waals surface area contributed by atoms with Crippen LogP contribution in [0, 0.1) is 5.92 Å². The Balaban J connectivity index is 1.58. The molecule has 3 rings (SSSR count). The van der Waals surface area contributed by atoms with Gasteiger partial charge in [-0.15, -0.1) is 0 Å². The van der Waals surface area contributed by atoms with Crippen LogP contribution in [0.4, 0.5) is 0 Å². The molecular formula is C18H29N3. The van der Waals surface area contributed by atoms with Gasteiger partial charge in [0.2, 0.25) is 0 Å². The third-order valence-corrected chi connectivity index (χ3v) is 5.51. The van der Waals surface area contributed by atoms with Gasteiger partial charge in [0.15, 0.2) is 0 Å². The normalized spacial score (nSPS) is 27.0. The molecule has 21 heavy (non-hydrogen) atoms. The third kappa shape index (κ3) is 3.31. The van der Waals surface area contributed by atoms with Gasteiger partial charge in [0, 0.05) is 38.3 Å². The number of piperidine rings is 1. The molecule has 0 amide bonds. The van der Waals surface area contributed by atoms with Gasteiger partial charge in [-0.2, -0.15) is 0 Å². The summed E-state index contributed by atoms with van der Waals surface area (Å²) < 4.78 is 0. The van der Waals surface area contributed by atoms with Crippen molar-refractivity contribution >= 4 is 0 Å². The van der Waals surface area contributed by atoms with E-state index in [0.29, 0.717) is 0 Å². The van der Waals surface area contributed by atoms with Gasteiger partial charge >= 0.3 is 0 Å². The Hall–Kier alpha value is -0.900. The molecule has 0 saturated carbocycles. The molecule has 0 spiro atoms. The lowest BCUT2D eigenvalue weighted by Gasteiger charge is -2.47. The van der Waals surface area contributed by atoms with Crippen LogP contribution in [0.1, 0.15) is 31.7 Å². The van der Waals surface area contributed by atoms with Crippen LogP contribution in [0.15, 0.2) is 30.3 Å². The standard InChI is InChI=1S/C18H29N3/c1-16-7-10-21(13-16)18(15-19)8-11-20(12-9-18)14-17-5-3-2-4-6-17/h2-6,16H,7-15,19H2,1H3. The van der Waals surface area contributed by atoms with E-state index >= 15 is 0 Å². The van der Waals surface area contributed by atoms with E-state index in [0.717, 1.165) is 19.0 Å². The molecule has 1 aromatic rings. The van der Waals surface area contributed by atoms with Crippen molar-refractivity contribution in [3.8, 4) is 0 Å². The van der Waals surface area contributed by atoms with Crippen LogP contribution in [0.2, 0.25) is 0 Å². The van der Waals surface area contributed by atoms with Crippen LogP contribution in [-0.2, 0) is 6.54 Å². The molecule has 1 atom stereocenters. The minimum atomic E-state index is 0.276. The number of likely N-dealkylation sites (tertiary alicyclic amines) is 2. The number of benzene rings is 1. The number of nitrogens with two attached hydrogens (primary N) is 1. The second-order valence-electron chi connectivity index (χ2n) is 7.03. The molecule has 2 heterocycles. The number of rotatable bonds is 4. The monoisotopic (exact) mass is 287 g/mol. The van der Waals surface area contributed by atoms with Crippen molar-refractivity contribution in [2.24, 2.45) is 11.7 Å². The Morgan fingerprint density at radius 1 is 1.14 bits per heavy atom. The highest BCUT2D eigenvalue weighted by Gasteiger charge is 2.40. The van der Waals surface area contributed by atoms with Crippen LogP contribution < -0.4 is 5.73 Å². The summed E-state index contributed by atoms with van der Waals surface area (Å²) in [6.45, 7) is 9.12. The Morgan fingerprint density at radius 3 is 2.43 bits per heavy atom. The van der Waals surface area contributed by atoms with Crippen molar-refractivity contribution < 1.29 is 0 Å². The molecule has 2 saturated heterocycles. The van der Waals surface area contributed by atoms with Crippen molar-refractivity contribution in [2.75, 3.05) is 32.7 Å². The Morgan fingerprint density at radius 2 is 1.86 bits per heavy atom. The Kier molecular flexibility index (Phi) is 4.63. The smallest absolute Gasteiger partial charge is 0.0356 e. The summed E-state index contributed by atoms with van der Waals surface area (Å²) >= 11 is 0. The lowest BCUT2D eigenvalue weighted by molar-refractivity contribution is 0.0388. The summed E-state index contributed by atoms with van der Waals surface area (Å²) in [6.07, 6.45) is 3.79. The lowest BCUT2D eigenvalue weighted by Crippen LogP contribution is -2.58. The summed E-state index contributed by atoms with van der Waals surface area (Å²) in [5.41, 5.74) is 7.90. The lowest BCUT2D eigenvalue weighted by atomic mass is 9.85. The number of nitrogens with zero attached hydrogens (tertiary/aromatic N) is 2. The first-order valence-electron chi connectivity index (χ1n) is 8.43. The summed E-state index contributed by atoms with van der Waals surface area (Å²) in [5.74, 6) is 0.843. The fourth-order valence-corrected chi connectivity index (χ4v) is 3.98. The quantitative estimate of drug-likeness (QED) is 0.922. The summed E-state index contributed by atoms with van der Waals surface area (Å²) in [5, 5.41) is 0. The highest BCUT2D eigenvalue weighted by atomic mass is 15.3. The molecule has 1 unspecified atom stereocenters. The minimum Gasteiger partial charge on any atom is -0.329 e. The molecule has 2 aliphatic heterocycles. The zero-order valence-corrected chi connectivity index (χ0v) is 13.3. The van der Waals surface area contributed by atoms with Crippen LogP contribution in [-0.4, -0.2) is 48.1 Å². The van der Waals surface area contributed by atoms with Gasteiger partial charge in [-0.3, -0.25) is 9.80 Å². The first kappa shape index (κ1) is 15.0. The highest BCUT2D eigenvalue weighted by molar-refractivity contribution is 5.14. The van der Waals surface area contributed by atoms with E-state index in [1.165, 1.54) is 51.0 Å². The maximum Gasteiger partial charge on any atom is 0.0356 e. The zero-order valence-electron chi connectivity index (χ0n) is 13.3. The van der Waals surface area contributed by atoms with E-state index in [9.17, 15) is 0 Å². The fraction of sp³-hybridized carbons (Fsp3) is 0.667. The molecule has 116 valence electrons. The van der Waals surface area contributed by atoms with Crippen molar-refractivity contribution in [1.82, 2.24) is 9.80 Å². The van der Waals surface area contributed by atoms with Crippen LogP contribution >= 0.6 is 0 Å². The van der Waals surface area contributed by atoms with E-state index in [-0.39, 0.29) is 5.54 Å². The SMILES string of the molecule is CC1CCN(C2(CN)CCN(Cc3ccccc3)CC2)C1. The molecule has 0 aromatic heterocycles. The van der Waals surface area contributed by atoms with Crippen molar-refractivity contribution in [2.45, 2.75) is 38.3 Å². The molecule has 3 heteroatoms. The third-order valence-electron chi connectivity index (χ3n) is 5.51. The van der Waals surface area contributed by atoms with Crippen LogP contribution in [0.3, 0.4) is 0 Å². The average Bonchev–Trinajstić information content (AvgIpc) is 2.96. The average molecular weight is 287 g/mol. The van der Waals surface area contributed by atoms with Crippen LogP contribution in [0.25, 0.3) is 0 Å². The largest absolute Gasteiger partial charge is 0.329 e. The van der Waals surface area contributed by atoms with Crippen molar-refractivity contribution in [3.05, 3.63) is 35.9 Å². The topological polar surface area (TPSA) is 32.5 Å². The highest BCUT2D eigenvalue weighted by Crippen LogP contribution is 2.33. The maximum absolute atomic E-state index is 6.20. The van der Waals surface area contributed by atoms with E-state index in [1.807, 2.05) is 0 Å². The molecule has 0 aliphatic carbocycles. The molecule has 1 aromatic carbocycles. The van der Waals surface area contributed by atoms with E-state index in [2.05, 4.69) is 47.1 Å². The molecule has 3 nitrogen and oxygen atoms in total.